The van der Waals surface area contributed by atoms with Gasteiger partial charge >= 0.3 is 0 Å². The van der Waals surface area contributed by atoms with E-state index in [1.54, 1.807) is 0 Å². The molecule has 0 heterocycles. The Morgan fingerprint density at radius 1 is 1.22 bits per heavy atom. The van der Waals surface area contributed by atoms with Gasteiger partial charge in [0.15, 0.2) is 0 Å². The molecular formula is C13H26N2O3. The van der Waals surface area contributed by atoms with Crippen LogP contribution in [0.15, 0.2) is 0 Å². The Kier molecular flexibility index (Phi) is 9.28. The Balaban J connectivity index is 3.42. The zero-order valence-corrected chi connectivity index (χ0v) is 11.4. The van der Waals surface area contributed by atoms with Crippen molar-refractivity contribution in [2.75, 3.05) is 6.54 Å². The van der Waals surface area contributed by atoms with E-state index in [1.165, 1.54) is 6.92 Å². The molecule has 2 atom stereocenters. The third-order valence-electron chi connectivity index (χ3n) is 3.03. The fourth-order valence-corrected chi connectivity index (χ4v) is 1.81. The number of carbonyl (C=O) groups is 2. The molecule has 0 aliphatic rings. The molecule has 0 saturated heterocycles. The van der Waals surface area contributed by atoms with Crippen molar-refractivity contribution in [2.24, 2.45) is 11.7 Å². The fourth-order valence-electron chi connectivity index (χ4n) is 1.81. The van der Waals surface area contributed by atoms with Gasteiger partial charge in [-0.1, -0.05) is 26.2 Å². The van der Waals surface area contributed by atoms with Gasteiger partial charge in [-0.2, -0.15) is 0 Å². The summed E-state index contributed by atoms with van der Waals surface area (Å²) in [6, 6.07) is 0. The number of aliphatic hydroxyl groups excluding tert-OH is 1. The number of primary amides is 1. The molecule has 0 spiro atoms. The molecule has 0 aromatic rings. The highest BCUT2D eigenvalue weighted by Crippen LogP contribution is 2.15. The zero-order chi connectivity index (χ0) is 14.0. The van der Waals surface area contributed by atoms with E-state index in [-0.39, 0.29) is 18.2 Å². The lowest BCUT2D eigenvalue weighted by Gasteiger charge is -2.17. The predicted molar refractivity (Wildman–Crippen MR) is 70.8 cm³/mol. The predicted octanol–water partition coefficient (Wildman–Crippen LogP) is 0.945. The number of carbonyl (C=O) groups excluding carboxylic acids is 2. The number of nitrogens with one attached hydrogen (secondary N) is 1. The van der Waals surface area contributed by atoms with Gasteiger partial charge in [-0.15, -0.1) is 0 Å². The topological polar surface area (TPSA) is 92.4 Å². The summed E-state index contributed by atoms with van der Waals surface area (Å²) in [5, 5.41) is 12.4. The first-order valence-electron chi connectivity index (χ1n) is 6.64. The Labute approximate surface area is 109 Å². The first kappa shape index (κ1) is 16.9. The van der Waals surface area contributed by atoms with Gasteiger partial charge in [-0.3, -0.25) is 9.59 Å². The van der Waals surface area contributed by atoms with Crippen LogP contribution in [0, 0.1) is 5.92 Å². The molecule has 0 unspecified atom stereocenters. The van der Waals surface area contributed by atoms with Crippen LogP contribution in [0.25, 0.3) is 0 Å². The average molecular weight is 258 g/mol. The molecule has 2 amide bonds. The molecule has 0 saturated carbocycles. The highest BCUT2D eigenvalue weighted by molar-refractivity contribution is 5.74. The van der Waals surface area contributed by atoms with Crippen LogP contribution in [0.4, 0.5) is 0 Å². The van der Waals surface area contributed by atoms with E-state index in [0.29, 0.717) is 0 Å². The maximum atomic E-state index is 10.6. The molecule has 0 aliphatic carbocycles. The number of amides is 2. The van der Waals surface area contributed by atoms with E-state index in [0.717, 1.165) is 38.6 Å². The van der Waals surface area contributed by atoms with Crippen molar-refractivity contribution in [2.45, 2.75) is 58.5 Å². The maximum absolute atomic E-state index is 10.6. The van der Waals surface area contributed by atoms with Gasteiger partial charge in [0.2, 0.25) is 11.8 Å². The van der Waals surface area contributed by atoms with Gasteiger partial charge in [-0.05, 0) is 18.8 Å². The van der Waals surface area contributed by atoms with E-state index in [1.807, 2.05) is 6.92 Å². The monoisotopic (exact) mass is 258 g/mol. The zero-order valence-electron chi connectivity index (χ0n) is 11.4. The summed E-state index contributed by atoms with van der Waals surface area (Å²) in [4.78, 5) is 21.3. The van der Waals surface area contributed by atoms with Crippen LogP contribution in [-0.2, 0) is 9.59 Å². The van der Waals surface area contributed by atoms with Crippen LogP contribution >= 0.6 is 0 Å². The molecular weight excluding hydrogens is 232 g/mol. The second-order valence-electron chi connectivity index (χ2n) is 4.90. The molecule has 106 valence electrons. The van der Waals surface area contributed by atoms with Crippen LogP contribution in [0.3, 0.4) is 0 Å². The molecule has 0 bridgehead atoms. The van der Waals surface area contributed by atoms with Crippen molar-refractivity contribution < 1.29 is 14.7 Å². The molecule has 0 rings (SSSR count). The molecule has 0 radical (unpaired) electrons. The lowest BCUT2D eigenvalue weighted by molar-refractivity contribution is -0.121. The van der Waals surface area contributed by atoms with Crippen LogP contribution in [0.2, 0.25) is 0 Å². The molecule has 18 heavy (non-hydrogen) atoms. The van der Waals surface area contributed by atoms with Crippen molar-refractivity contribution in [3.63, 3.8) is 0 Å². The lowest BCUT2D eigenvalue weighted by atomic mass is 9.95. The minimum Gasteiger partial charge on any atom is -0.392 e. The Bertz CT molecular complexity index is 257. The molecule has 4 N–H and O–H groups in total. The van der Waals surface area contributed by atoms with Crippen molar-refractivity contribution in [3.8, 4) is 0 Å². The largest absolute Gasteiger partial charge is 0.392 e. The van der Waals surface area contributed by atoms with Crippen molar-refractivity contribution >= 4 is 11.8 Å². The Hall–Kier alpha value is -1.10. The third-order valence-corrected chi connectivity index (χ3v) is 3.03. The summed E-state index contributed by atoms with van der Waals surface area (Å²) in [6.45, 7) is 4.18. The lowest BCUT2D eigenvalue weighted by Crippen LogP contribution is -2.25. The van der Waals surface area contributed by atoms with E-state index in [4.69, 9.17) is 5.73 Å². The minimum atomic E-state index is -0.623. The molecule has 0 aliphatic heterocycles. The van der Waals surface area contributed by atoms with Crippen LogP contribution < -0.4 is 11.1 Å². The average Bonchev–Trinajstić information content (AvgIpc) is 2.26. The van der Waals surface area contributed by atoms with Gasteiger partial charge in [-0.25, -0.2) is 0 Å². The van der Waals surface area contributed by atoms with Crippen molar-refractivity contribution in [1.82, 2.24) is 5.32 Å². The SMILES string of the molecule is CC(=O)NCCCCCC[C@@H](C)[C@@H](O)CC(N)=O. The second-order valence-corrected chi connectivity index (χ2v) is 4.90. The molecule has 0 fully saturated rings. The third kappa shape index (κ3) is 10.1. The van der Waals surface area contributed by atoms with E-state index in [2.05, 4.69) is 5.32 Å². The molecule has 5 heteroatoms. The van der Waals surface area contributed by atoms with Gasteiger partial charge in [0.25, 0.3) is 0 Å². The van der Waals surface area contributed by atoms with Crippen LogP contribution in [-0.4, -0.2) is 29.6 Å². The van der Waals surface area contributed by atoms with Gasteiger partial charge < -0.3 is 16.2 Å². The summed E-state index contributed by atoms with van der Waals surface area (Å²) in [6.07, 6.45) is 4.47. The Morgan fingerprint density at radius 2 is 1.83 bits per heavy atom. The Morgan fingerprint density at radius 3 is 2.39 bits per heavy atom. The van der Waals surface area contributed by atoms with E-state index < -0.39 is 12.0 Å². The van der Waals surface area contributed by atoms with Crippen LogP contribution in [0.5, 0.6) is 0 Å². The molecule has 0 aromatic heterocycles. The summed E-state index contributed by atoms with van der Waals surface area (Å²) in [7, 11) is 0. The van der Waals surface area contributed by atoms with Crippen molar-refractivity contribution in [1.29, 1.82) is 0 Å². The highest BCUT2D eigenvalue weighted by Gasteiger charge is 2.15. The normalized spacial score (nSPS) is 13.9. The summed E-state index contributed by atoms with van der Waals surface area (Å²) in [5.74, 6) is -0.337. The number of nitrogens with two attached hydrogens (primary N) is 1. The smallest absolute Gasteiger partial charge is 0.220 e. The van der Waals surface area contributed by atoms with E-state index in [9.17, 15) is 14.7 Å². The standard InChI is InChI=1S/C13H26N2O3/c1-10(12(17)9-13(14)18)7-5-3-4-6-8-15-11(2)16/h10,12,17H,3-9H2,1-2H3,(H2,14,18)(H,15,16)/t10-,12+/m1/s1. The number of aliphatic hydroxyl groups is 1. The van der Waals surface area contributed by atoms with Gasteiger partial charge in [0.1, 0.15) is 0 Å². The number of unbranched alkanes of at least 4 members (excludes halogenated alkanes) is 3. The molecule has 0 aromatic carbocycles. The van der Waals surface area contributed by atoms with Crippen molar-refractivity contribution in [3.05, 3.63) is 0 Å². The number of hydrogen-bond donors (Lipinski definition) is 3. The number of hydrogen-bond acceptors (Lipinski definition) is 3. The first-order valence-corrected chi connectivity index (χ1v) is 6.64. The van der Waals surface area contributed by atoms with Crippen LogP contribution in [0.1, 0.15) is 52.4 Å². The highest BCUT2D eigenvalue weighted by atomic mass is 16.3. The van der Waals surface area contributed by atoms with Gasteiger partial charge in [0, 0.05) is 13.5 Å². The maximum Gasteiger partial charge on any atom is 0.220 e. The van der Waals surface area contributed by atoms with Gasteiger partial charge in [0.05, 0.1) is 12.5 Å². The second kappa shape index (κ2) is 9.88. The summed E-state index contributed by atoms with van der Waals surface area (Å²) >= 11 is 0. The fraction of sp³-hybridized carbons (Fsp3) is 0.846. The quantitative estimate of drug-likeness (QED) is 0.509. The first-order chi connectivity index (χ1) is 8.43. The minimum absolute atomic E-state index is 0.0122. The summed E-state index contributed by atoms with van der Waals surface area (Å²) < 4.78 is 0. The number of rotatable bonds is 10. The molecule has 5 nitrogen and oxygen atoms in total. The summed E-state index contributed by atoms with van der Waals surface area (Å²) in [5.41, 5.74) is 5.03. The van der Waals surface area contributed by atoms with E-state index >= 15 is 0 Å².